The highest BCUT2D eigenvalue weighted by molar-refractivity contribution is 7.16. The van der Waals surface area contributed by atoms with Crippen LogP contribution in [-0.4, -0.2) is 52.8 Å². The van der Waals surface area contributed by atoms with Crippen molar-refractivity contribution >= 4 is 27.4 Å². The van der Waals surface area contributed by atoms with E-state index in [-0.39, 0.29) is 0 Å². The lowest BCUT2D eigenvalue weighted by molar-refractivity contribution is 0.0459. The molecule has 0 bridgehead atoms. The van der Waals surface area contributed by atoms with Crippen molar-refractivity contribution in [3.05, 3.63) is 17.3 Å². The van der Waals surface area contributed by atoms with Gasteiger partial charge in [-0.2, -0.15) is 0 Å². The minimum atomic E-state index is -0.802. The number of thiophene rings is 1. The molecule has 0 aromatic carbocycles. The predicted molar refractivity (Wildman–Crippen MR) is 84.5 cm³/mol. The van der Waals surface area contributed by atoms with Crippen LogP contribution in [0.2, 0.25) is 0 Å². The van der Waals surface area contributed by atoms with E-state index < -0.39 is 5.60 Å². The molecular formula is C14H22N4OS. The molecule has 1 atom stereocenters. The van der Waals surface area contributed by atoms with Crippen LogP contribution in [0, 0.1) is 0 Å². The quantitative estimate of drug-likeness (QED) is 0.853. The second-order valence-electron chi connectivity index (χ2n) is 5.57. The molecule has 0 aliphatic carbocycles. The number of aryl methyl sites for hydroxylation is 1. The van der Waals surface area contributed by atoms with Crippen LogP contribution in [0.25, 0.3) is 10.2 Å². The third kappa shape index (κ3) is 3.65. The Morgan fingerprint density at radius 2 is 2.15 bits per heavy atom. The molecule has 0 spiro atoms. The summed E-state index contributed by atoms with van der Waals surface area (Å²) >= 11 is 1.61. The average Bonchev–Trinajstić information content (AvgIpc) is 2.82. The van der Waals surface area contributed by atoms with E-state index in [2.05, 4.69) is 15.3 Å². The van der Waals surface area contributed by atoms with Crippen molar-refractivity contribution in [1.29, 1.82) is 0 Å². The Bertz CT molecular complexity index is 580. The third-order valence-corrected chi connectivity index (χ3v) is 3.79. The topological polar surface area (TPSA) is 61.3 Å². The molecule has 110 valence electrons. The van der Waals surface area contributed by atoms with E-state index in [4.69, 9.17) is 0 Å². The number of anilines is 1. The van der Waals surface area contributed by atoms with Crippen LogP contribution in [0.5, 0.6) is 0 Å². The van der Waals surface area contributed by atoms with Crippen molar-refractivity contribution in [2.75, 3.05) is 32.5 Å². The zero-order valence-electron chi connectivity index (χ0n) is 12.5. The van der Waals surface area contributed by atoms with E-state index in [0.717, 1.165) is 28.3 Å². The SMILES string of the molecule is CCc1nc(NCC(C)(O)CN(C)C)c2ccsc2n1. The predicted octanol–water partition coefficient (Wildman–Crippen LogP) is 1.98. The molecule has 2 heterocycles. The van der Waals surface area contributed by atoms with E-state index in [1.54, 1.807) is 11.3 Å². The number of rotatable bonds is 6. The molecule has 5 nitrogen and oxygen atoms in total. The van der Waals surface area contributed by atoms with Crippen LogP contribution >= 0.6 is 11.3 Å². The fraction of sp³-hybridized carbons (Fsp3) is 0.571. The van der Waals surface area contributed by atoms with Crippen LogP contribution in [-0.2, 0) is 6.42 Å². The number of hydrogen-bond acceptors (Lipinski definition) is 6. The maximum atomic E-state index is 10.4. The number of nitrogens with one attached hydrogen (secondary N) is 1. The molecule has 0 aliphatic heterocycles. The minimum absolute atomic E-state index is 0.455. The van der Waals surface area contributed by atoms with Crippen LogP contribution in [0.3, 0.4) is 0 Å². The van der Waals surface area contributed by atoms with Gasteiger partial charge in [0.25, 0.3) is 0 Å². The van der Waals surface area contributed by atoms with E-state index in [1.165, 1.54) is 0 Å². The van der Waals surface area contributed by atoms with E-state index in [9.17, 15) is 5.11 Å². The maximum Gasteiger partial charge on any atom is 0.138 e. The lowest BCUT2D eigenvalue weighted by atomic mass is 10.1. The summed E-state index contributed by atoms with van der Waals surface area (Å²) in [6.07, 6.45) is 0.802. The lowest BCUT2D eigenvalue weighted by Gasteiger charge is -2.27. The van der Waals surface area contributed by atoms with Gasteiger partial charge in [-0.25, -0.2) is 9.97 Å². The summed E-state index contributed by atoms with van der Waals surface area (Å²) in [5.74, 6) is 1.64. The molecule has 0 radical (unpaired) electrons. The monoisotopic (exact) mass is 294 g/mol. The summed E-state index contributed by atoms with van der Waals surface area (Å²) in [6.45, 7) is 4.92. The summed E-state index contributed by atoms with van der Waals surface area (Å²) in [4.78, 5) is 12.0. The van der Waals surface area contributed by atoms with Crippen molar-refractivity contribution in [1.82, 2.24) is 14.9 Å². The second-order valence-corrected chi connectivity index (χ2v) is 6.46. The largest absolute Gasteiger partial charge is 0.387 e. The fourth-order valence-electron chi connectivity index (χ4n) is 2.20. The summed E-state index contributed by atoms with van der Waals surface area (Å²) in [6, 6.07) is 2.02. The van der Waals surface area contributed by atoms with E-state index in [1.807, 2.05) is 44.3 Å². The third-order valence-electron chi connectivity index (χ3n) is 2.98. The zero-order valence-corrected chi connectivity index (χ0v) is 13.3. The van der Waals surface area contributed by atoms with E-state index in [0.29, 0.717) is 13.1 Å². The number of aromatic nitrogens is 2. The van der Waals surface area contributed by atoms with Gasteiger partial charge >= 0.3 is 0 Å². The summed E-state index contributed by atoms with van der Waals surface area (Å²) in [7, 11) is 3.90. The van der Waals surface area contributed by atoms with Gasteiger partial charge in [0.05, 0.1) is 11.0 Å². The normalized spacial score (nSPS) is 14.7. The lowest BCUT2D eigenvalue weighted by Crippen LogP contribution is -2.43. The van der Waals surface area contributed by atoms with Crippen molar-refractivity contribution in [3.8, 4) is 0 Å². The molecule has 0 aliphatic rings. The fourth-order valence-corrected chi connectivity index (χ4v) is 2.99. The summed E-state index contributed by atoms with van der Waals surface area (Å²) in [5, 5.41) is 16.7. The molecule has 2 rings (SSSR count). The zero-order chi connectivity index (χ0) is 14.8. The highest BCUT2D eigenvalue weighted by Crippen LogP contribution is 2.25. The highest BCUT2D eigenvalue weighted by atomic mass is 32.1. The van der Waals surface area contributed by atoms with Gasteiger partial charge in [0.1, 0.15) is 16.5 Å². The second kappa shape index (κ2) is 6.03. The van der Waals surface area contributed by atoms with Crippen molar-refractivity contribution < 1.29 is 5.11 Å². The molecule has 20 heavy (non-hydrogen) atoms. The number of aliphatic hydroxyl groups is 1. The highest BCUT2D eigenvalue weighted by Gasteiger charge is 2.21. The number of likely N-dealkylation sites (N-methyl/N-ethyl adjacent to an activating group) is 1. The van der Waals surface area contributed by atoms with Crippen LogP contribution in [0.1, 0.15) is 19.7 Å². The van der Waals surface area contributed by atoms with Gasteiger partial charge in [-0.05, 0) is 32.5 Å². The Kier molecular flexibility index (Phi) is 4.57. The van der Waals surface area contributed by atoms with Gasteiger partial charge in [0.2, 0.25) is 0 Å². The molecular weight excluding hydrogens is 272 g/mol. The van der Waals surface area contributed by atoms with Crippen LogP contribution in [0.15, 0.2) is 11.4 Å². The molecule has 2 aromatic heterocycles. The first-order valence-corrected chi connectivity index (χ1v) is 7.64. The van der Waals surface area contributed by atoms with Crippen LogP contribution in [0.4, 0.5) is 5.82 Å². The Morgan fingerprint density at radius 3 is 2.80 bits per heavy atom. The standard InChI is InChI=1S/C14H22N4OS/c1-5-11-16-12(10-6-7-20-13(10)17-11)15-8-14(2,19)9-18(3)4/h6-7,19H,5,8-9H2,1-4H3,(H,15,16,17). The minimum Gasteiger partial charge on any atom is -0.387 e. The molecule has 0 fully saturated rings. The van der Waals surface area contributed by atoms with Gasteiger partial charge in [-0.3, -0.25) is 0 Å². The Labute approximate surface area is 123 Å². The first kappa shape index (κ1) is 15.2. The van der Waals surface area contributed by atoms with Crippen molar-refractivity contribution in [2.45, 2.75) is 25.9 Å². The molecule has 2 N–H and O–H groups in total. The first-order chi connectivity index (χ1) is 9.41. The number of fused-ring (bicyclic) bond motifs is 1. The van der Waals surface area contributed by atoms with E-state index >= 15 is 0 Å². The maximum absolute atomic E-state index is 10.4. The number of nitrogens with zero attached hydrogens (tertiary/aromatic N) is 3. The molecule has 0 saturated heterocycles. The Hall–Kier alpha value is -1.24. The molecule has 2 aromatic rings. The summed E-state index contributed by atoms with van der Waals surface area (Å²) in [5.41, 5.74) is -0.802. The molecule has 0 amide bonds. The molecule has 0 saturated carbocycles. The molecule has 6 heteroatoms. The Morgan fingerprint density at radius 1 is 1.40 bits per heavy atom. The van der Waals surface area contributed by atoms with Crippen molar-refractivity contribution in [2.24, 2.45) is 0 Å². The van der Waals surface area contributed by atoms with Crippen molar-refractivity contribution in [3.63, 3.8) is 0 Å². The molecule has 1 unspecified atom stereocenters. The van der Waals surface area contributed by atoms with Crippen LogP contribution < -0.4 is 5.32 Å². The van der Waals surface area contributed by atoms with Gasteiger partial charge < -0.3 is 15.3 Å². The average molecular weight is 294 g/mol. The number of hydrogen-bond donors (Lipinski definition) is 2. The Balaban J connectivity index is 2.18. The van der Waals surface area contributed by atoms with Gasteiger partial charge in [-0.15, -0.1) is 11.3 Å². The van der Waals surface area contributed by atoms with Gasteiger partial charge in [0, 0.05) is 19.5 Å². The summed E-state index contributed by atoms with van der Waals surface area (Å²) < 4.78 is 0. The smallest absolute Gasteiger partial charge is 0.138 e. The first-order valence-electron chi connectivity index (χ1n) is 6.76. The van der Waals surface area contributed by atoms with Gasteiger partial charge in [0.15, 0.2) is 0 Å². The van der Waals surface area contributed by atoms with Gasteiger partial charge in [-0.1, -0.05) is 6.92 Å².